The van der Waals surface area contributed by atoms with E-state index in [0.717, 1.165) is 23.7 Å². The van der Waals surface area contributed by atoms with Crippen molar-refractivity contribution in [1.29, 1.82) is 0 Å². The minimum absolute atomic E-state index is 0.0492. The number of nitrogens with zero attached hydrogens (tertiary/aromatic N) is 2. The van der Waals surface area contributed by atoms with E-state index in [0.29, 0.717) is 17.3 Å². The molecule has 1 aromatic heterocycles. The fourth-order valence-electron chi connectivity index (χ4n) is 2.28. The van der Waals surface area contributed by atoms with Crippen LogP contribution < -0.4 is 0 Å². The first-order chi connectivity index (χ1) is 9.00. The van der Waals surface area contributed by atoms with Gasteiger partial charge in [-0.15, -0.1) is 11.6 Å². The molecule has 2 rings (SSSR count). The number of halogens is 1. The minimum Gasteiger partial charge on any atom is -0.349 e. The molecule has 1 atom stereocenters. The van der Waals surface area contributed by atoms with Gasteiger partial charge < -0.3 is 4.57 Å². The average molecular weight is 323 g/mol. The van der Waals surface area contributed by atoms with Gasteiger partial charge in [0.25, 0.3) is 0 Å². The highest BCUT2D eigenvalue weighted by Gasteiger charge is 2.32. The fraction of sp³-hybridized carbons (Fsp3) is 0.667. The Hall–Kier alpha value is -0.170. The molecule has 1 aliphatic rings. The third-order valence-corrected chi connectivity index (χ3v) is 6.79. The molecule has 2 heterocycles. The van der Waals surface area contributed by atoms with Gasteiger partial charge in [-0.05, 0) is 19.9 Å². The lowest BCUT2D eigenvalue weighted by Gasteiger charge is -2.31. The van der Waals surface area contributed by atoms with Gasteiger partial charge in [0.1, 0.15) is 4.90 Å². The molecule has 0 radical (unpaired) electrons. The van der Waals surface area contributed by atoms with E-state index in [4.69, 9.17) is 11.6 Å². The Morgan fingerprint density at radius 1 is 1.53 bits per heavy atom. The Morgan fingerprint density at radius 3 is 2.79 bits per heavy atom. The predicted molar refractivity (Wildman–Crippen MR) is 80.3 cm³/mol. The van der Waals surface area contributed by atoms with Crippen molar-refractivity contribution in [3.8, 4) is 0 Å². The SMILES string of the molecule is CCn1cc(S(=O)(=O)N2CCSCC2C)cc1CCl. The second kappa shape index (κ2) is 6.08. The molecule has 19 heavy (non-hydrogen) atoms. The monoisotopic (exact) mass is 322 g/mol. The maximum atomic E-state index is 12.7. The number of thioether (sulfide) groups is 1. The van der Waals surface area contributed by atoms with Gasteiger partial charge >= 0.3 is 0 Å². The normalized spacial score (nSPS) is 21.7. The molecule has 7 heteroatoms. The van der Waals surface area contributed by atoms with E-state index in [1.165, 1.54) is 0 Å². The Bertz CT molecular complexity index is 520. The first-order valence-corrected chi connectivity index (χ1v) is 9.48. The van der Waals surface area contributed by atoms with Crippen LogP contribution in [0.4, 0.5) is 0 Å². The number of aromatic nitrogens is 1. The summed E-state index contributed by atoms with van der Waals surface area (Å²) in [5.74, 6) is 2.05. The van der Waals surface area contributed by atoms with E-state index in [-0.39, 0.29) is 6.04 Å². The zero-order chi connectivity index (χ0) is 14.0. The van der Waals surface area contributed by atoms with E-state index in [2.05, 4.69) is 0 Å². The second-order valence-corrected chi connectivity index (χ2v) is 7.93. The summed E-state index contributed by atoms with van der Waals surface area (Å²) in [5.41, 5.74) is 0.849. The molecule has 0 aromatic carbocycles. The molecule has 0 spiro atoms. The number of sulfonamides is 1. The molecular formula is C12H19ClN2O2S2. The largest absolute Gasteiger partial charge is 0.349 e. The smallest absolute Gasteiger partial charge is 0.244 e. The molecule has 4 nitrogen and oxygen atoms in total. The molecule has 1 aliphatic heterocycles. The van der Waals surface area contributed by atoms with Crippen LogP contribution in [0.5, 0.6) is 0 Å². The number of rotatable bonds is 4. The van der Waals surface area contributed by atoms with E-state index in [9.17, 15) is 8.42 Å². The van der Waals surface area contributed by atoms with Gasteiger partial charge in [-0.1, -0.05) is 0 Å². The first-order valence-electron chi connectivity index (χ1n) is 6.35. The molecule has 1 unspecified atom stereocenters. The van der Waals surface area contributed by atoms with E-state index in [1.807, 2.05) is 18.4 Å². The molecule has 0 bridgehead atoms. The summed E-state index contributed by atoms with van der Waals surface area (Å²) in [4.78, 5) is 0.365. The molecule has 1 saturated heterocycles. The minimum atomic E-state index is -3.39. The van der Waals surface area contributed by atoms with Crippen molar-refractivity contribution in [2.75, 3.05) is 18.1 Å². The highest BCUT2D eigenvalue weighted by molar-refractivity contribution is 7.99. The standard InChI is InChI=1S/C12H19ClN2O2S2/c1-3-14-8-12(6-11(14)7-13)19(16,17)15-4-5-18-9-10(15)2/h6,8,10H,3-5,7,9H2,1-2H3. The van der Waals surface area contributed by atoms with Crippen LogP contribution in [-0.2, 0) is 22.4 Å². The topological polar surface area (TPSA) is 42.3 Å². The van der Waals surface area contributed by atoms with Gasteiger partial charge in [0.2, 0.25) is 10.0 Å². The maximum absolute atomic E-state index is 12.7. The lowest BCUT2D eigenvalue weighted by Crippen LogP contribution is -2.44. The van der Waals surface area contributed by atoms with Crippen LogP contribution in [0.3, 0.4) is 0 Å². The second-order valence-electron chi connectivity index (χ2n) is 4.63. The highest BCUT2D eigenvalue weighted by Crippen LogP contribution is 2.26. The van der Waals surface area contributed by atoms with Gasteiger partial charge in [-0.2, -0.15) is 16.1 Å². The predicted octanol–water partition coefficient (Wildman–Crippen LogP) is 2.37. The molecular weight excluding hydrogens is 304 g/mol. The van der Waals surface area contributed by atoms with E-state index >= 15 is 0 Å². The van der Waals surface area contributed by atoms with Crippen molar-refractivity contribution < 1.29 is 8.42 Å². The maximum Gasteiger partial charge on any atom is 0.244 e. The van der Waals surface area contributed by atoms with Crippen LogP contribution in [0.2, 0.25) is 0 Å². The van der Waals surface area contributed by atoms with Crippen LogP contribution in [-0.4, -0.2) is 41.4 Å². The molecule has 1 aromatic rings. The van der Waals surface area contributed by atoms with Crippen LogP contribution in [0.1, 0.15) is 19.5 Å². The number of alkyl halides is 1. The lowest BCUT2D eigenvalue weighted by atomic mass is 10.4. The van der Waals surface area contributed by atoms with Crippen LogP contribution >= 0.6 is 23.4 Å². The average Bonchev–Trinajstić information content (AvgIpc) is 2.83. The van der Waals surface area contributed by atoms with E-state index in [1.54, 1.807) is 28.3 Å². The van der Waals surface area contributed by atoms with E-state index < -0.39 is 10.0 Å². The number of aryl methyl sites for hydroxylation is 1. The fourth-order valence-corrected chi connectivity index (χ4v) is 5.43. The Labute approximate surface area is 124 Å². The summed E-state index contributed by atoms with van der Waals surface area (Å²) in [6, 6.07) is 1.74. The Kier molecular flexibility index (Phi) is 4.87. The van der Waals surface area contributed by atoms with Crippen molar-refractivity contribution in [3.05, 3.63) is 18.0 Å². The molecule has 0 saturated carbocycles. The summed E-state index contributed by atoms with van der Waals surface area (Å²) < 4.78 is 28.8. The summed E-state index contributed by atoms with van der Waals surface area (Å²) in [6.07, 6.45) is 1.70. The molecule has 108 valence electrons. The Morgan fingerprint density at radius 2 is 2.26 bits per heavy atom. The Balaban J connectivity index is 2.35. The highest BCUT2D eigenvalue weighted by atomic mass is 35.5. The molecule has 0 aliphatic carbocycles. The van der Waals surface area contributed by atoms with Gasteiger partial charge in [0, 0.05) is 42.5 Å². The van der Waals surface area contributed by atoms with Crippen molar-refractivity contribution >= 4 is 33.4 Å². The van der Waals surface area contributed by atoms with Crippen molar-refractivity contribution in [1.82, 2.24) is 8.87 Å². The van der Waals surface area contributed by atoms with Crippen molar-refractivity contribution in [3.63, 3.8) is 0 Å². The number of hydrogen-bond donors (Lipinski definition) is 0. The summed E-state index contributed by atoms with van der Waals surface area (Å²) in [7, 11) is -3.39. The summed E-state index contributed by atoms with van der Waals surface area (Å²) in [5, 5.41) is 0. The van der Waals surface area contributed by atoms with Crippen molar-refractivity contribution in [2.24, 2.45) is 0 Å². The molecule has 0 N–H and O–H groups in total. The summed E-state index contributed by atoms with van der Waals surface area (Å²) >= 11 is 7.66. The zero-order valence-corrected chi connectivity index (χ0v) is 13.6. The lowest BCUT2D eigenvalue weighted by molar-refractivity contribution is 0.367. The van der Waals surface area contributed by atoms with Gasteiger partial charge in [-0.3, -0.25) is 0 Å². The summed E-state index contributed by atoms with van der Waals surface area (Å²) in [6.45, 7) is 5.25. The molecule has 1 fully saturated rings. The zero-order valence-electron chi connectivity index (χ0n) is 11.2. The first kappa shape index (κ1) is 15.2. The van der Waals surface area contributed by atoms with Crippen LogP contribution in [0.25, 0.3) is 0 Å². The van der Waals surface area contributed by atoms with Gasteiger partial charge in [0.15, 0.2) is 0 Å². The third-order valence-electron chi connectivity index (χ3n) is 3.35. The van der Waals surface area contributed by atoms with Gasteiger partial charge in [0.05, 0.1) is 5.88 Å². The molecule has 0 amide bonds. The quantitative estimate of drug-likeness (QED) is 0.799. The van der Waals surface area contributed by atoms with Crippen LogP contribution in [0, 0.1) is 0 Å². The number of hydrogen-bond acceptors (Lipinski definition) is 3. The van der Waals surface area contributed by atoms with Gasteiger partial charge in [-0.25, -0.2) is 8.42 Å². The van der Waals surface area contributed by atoms with Crippen LogP contribution in [0.15, 0.2) is 17.2 Å². The third kappa shape index (κ3) is 2.96. The van der Waals surface area contributed by atoms with Crippen molar-refractivity contribution in [2.45, 2.75) is 37.2 Å².